The Hall–Kier alpha value is -0.960. The molecule has 1 aliphatic rings. The Bertz CT molecular complexity index is 271. The van der Waals surface area contributed by atoms with E-state index < -0.39 is 0 Å². The second-order valence-electron chi connectivity index (χ2n) is 4.06. The molecule has 3 heteroatoms. The number of nitrogens with zero attached hydrogens (tertiary/aromatic N) is 3. The molecule has 70 valence electrons. The van der Waals surface area contributed by atoms with Crippen molar-refractivity contribution in [2.45, 2.75) is 26.9 Å². The lowest BCUT2D eigenvalue weighted by molar-refractivity contribution is 0.250. The second kappa shape index (κ2) is 3.42. The third kappa shape index (κ3) is 1.86. The summed E-state index contributed by atoms with van der Waals surface area (Å²) < 4.78 is 0. The molecule has 0 amide bonds. The Morgan fingerprint density at radius 3 is 3.00 bits per heavy atom. The first kappa shape index (κ1) is 8.63. The minimum atomic E-state index is 0.724. The van der Waals surface area contributed by atoms with Gasteiger partial charge < -0.3 is 0 Å². The SMILES string of the molecule is CC(C)CN1Cc2cncnc2C1. The summed E-state index contributed by atoms with van der Waals surface area (Å²) in [6.45, 7) is 7.66. The van der Waals surface area contributed by atoms with Gasteiger partial charge in [0, 0.05) is 31.4 Å². The van der Waals surface area contributed by atoms with Gasteiger partial charge in [-0.3, -0.25) is 4.90 Å². The summed E-state index contributed by atoms with van der Waals surface area (Å²) >= 11 is 0. The number of hydrogen-bond donors (Lipinski definition) is 0. The molecule has 2 heterocycles. The van der Waals surface area contributed by atoms with Gasteiger partial charge in [-0.15, -0.1) is 0 Å². The predicted molar refractivity (Wildman–Crippen MR) is 51.0 cm³/mol. The minimum Gasteiger partial charge on any atom is -0.293 e. The fourth-order valence-electron chi connectivity index (χ4n) is 1.81. The molecule has 2 rings (SSSR count). The normalized spacial score (nSPS) is 16.5. The average molecular weight is 177 g/mol. The van der Waals surface area contributed by atoms with Crippen molar-refractivity contribution < 1.29 is 0 Å². The Labute approximate surface area is 78.8 Å². The molecule has 0 aliphatic carbocycles. The first-order valence-corrected chi connectivity index (χ1v) is 4.76. The maximum atomic E-state index is 4.26. The molecule has 1 aromatic heterocycles. The van der Waals surface area contributed by atoms with Crippen molar-refractivity contribution in [3.63, 3.8) is 0 Å². The second-order valence-corrected chi connectivity index (χ2v) is 4.06. The van der Waals surface area contributed by atoms with Crippen LogP contribution in [0.2, 0.25) is 0 Å². The molecule has 0 saturated carbocycles. The monoisotopic (exact) mass is 177 g/mol. The molecule has 3 nitrogen and oxygen atoms in total. The van der Waals surface area contributed by atoms with Gasteiger partial charge in [-0.1, -0.05) is 13.8 Å². The zero-order valence-electron chi connectivity index (χ0n) is 8.20. The highest BCUT2D eigenvalue weighted by Crippen LogP contribution is 2.19. The van der Waals surface area contributed by atoms with E-state index in [9.17, 15) is 0 Å². The van der Waals surface area contributed by atoms with Gasteiger partial charge in [0.1, 0.15) is 6.33 Å². The molecule has 0 spiro atoms. The Balaban J connectivity index is 2.05. The molecular formula is C10H15N3. The van der Waals surface area contributed by atoms with Crippen LogP contribution in [0, 0.1) is 5.92 Å². The lowest BCUT2D eigenvalue weighted by atomic mass is 10.2. The molecule has 0 N–H and O–H groups in total. The van der Waals surface area contributed by atoms with E-state index in [0.29, 0.717) is 0 Å². The lowest BCUT2D eigenvalue weighted by Gasteiger charge is -2.16. The van der Waals surface area contributed by atoms with Crippen LogP contribution in [0.25, 0.3) is 0 Å². The minimum absolute atomic E-state index is 0.724. The Morgan fingerprint density at radius 2 is 2.31 bits per heavy atom. The van der Waals surface area contributed by atoms with Crippen molar-refractivity contribution in [1.29, 1.82) is 0 Å². The standard InChI is InChI=1S/C10H15N3/c1-8(2)4-13-5-9-3-11-7-12-10(9)6-13/h3,7-8H,4-6H2,1-2H3. The van der Waals surface area contributed by atoms with E-state index in [1.165, 1.54) is 11.3 Å². The van der Waals surface area contributed by atoms with Gasteiger partial charge in [0.15, 0.2) is 0 Å². The highest BCUT2D eigenvalue weighted by atomic mass is 15.2. The van der Waals surface area contributed by atoms with E-state index in [1.807, 2.05) is 6.20 Å². The van der Waals surface area contributed by atoms with Crippen LogP contribution in [0.3, 0.4) is 0 Å². The maximum absolute atomic E-state index is 4.26. The van der Waals surface area contributed by atoms with Crippen molar-refractivity contribution in [3.05, 3.63) is 23.8 Å². The first-order chi connectivity index (χ1) is 6.25. The zero-order valence-corrected chi connectivity index (χ0v) is 8.20. The zero-order chi connectivity index (χ0) is 9.26. The van der Waals surface area contributed by atoms with Gasteiger partial charge in [-0.05, 0) is 5.92 Å². The smallest absolute Gasteiger partial charge is 0.115 e. The van der Waals surface area contributed by atoms with Gasteiger partial charge in [0.25, 0.3) is 0 Å². The first-order valence-electron chi connectivity index (χ1n) is 4.76. The topological polar surface area (TPSA) is 29.0 Å². The molecule has 0 bridgehead atoms. The summed E-state index contributed by atoms with van der Waals surface area (Å²) in [5.74, 6) is 0.724. The van der Waals surface area contributed by atoms with E-state index >= 15 is 0 Å². The fourth-order valence-corrected chi connectivity index (χ4v) is 1.81. The van der Waals surface area contributed by atoms with Crippen LogP contribution in [0.4, 0.5) is 0 Å². The van der Waals surface area contributed by atoms with Gasteiger partial charge in [0.05, 0.1) is 5.69 Å². The molecular weight excluding hydrogens is 162 g/mol. The highest BCUT2D eigenvalue weighted by molar-refractivity contribution is 5.19. The van der Waals surface area contributed by atoms with E-state index in [1.54, 1.807) is 6.33 Å². The highest BCUT2D eigenvalue weighted by Gasteiger charge is 2.19. The van der Waals surface area contributed by atoms with Crippen molar-refractivity contribution in [1.82, 2.24) is 14.9 Å². The third-order valence-corrected chi connectivity index (χ3v) is 2.27. The van der Waals surface area contributed by atoms with Crippen LogP contribution in [0.15, 0.2) is 12.5 Å². The van der Waals surface area contributed by atoms with E-state index in [4.69, 9.17) is 0 Å². The summed E-state index contributed by atoms with van der Waals surface area (Å²) in [4.78, 5) is 10.7. The predicted octanol–water partition coefficient (Wildman–Crippen LogP) is 1.45. The van der Waals surface area contributed by atoms with Crippen molar-refractivity contribution in [2.75, 3.05) is 6.54 Å². The van der Waals surface area contributed by atoms with Crippen molar-refractivity contribution in [3.8, 4) is 0 Å². The molecule has 0 fully saturated rings. The molecule has 0 radical (unpaired) electrons. The third-order valence-electron chi connectivity index (χ3n) is 2.27. The molecule has 1 aliphatic heterocycles. The lowest BCUT2D eigenvalue weighted by Crippen LogP contribution is -2.21. The molecule has 0 saturated heterocycles. The fraction of sp³-hybridized carbons (Fsp3) is 0.600. The molecule has 0 atom stereocenters. The Kier molecular flexibility index (Phi) is 2.27. The molecule has 0 aromatic carbocycles. The average Bonchev–Trinajstić information content (AvgIpc) is 2.44. The number of rotatable bonds is 2. The summed E-state index contributed by atoms with van der Waals surface area (Å²) in [7, 11) is 0. The van der Waals surface area contributed by atoms with Crippen LogP contribution in [-0.2, 0) is 13.1 Å². The maximum Gasteiger partial charge on any atom is 0.115 e. The summed E-state index contributed by atoms with van der Waals surface area (Å²) in [5, 5.41) is 0. The number of fused-ring (bicyclic) bond motifs is 1. The number of hydrogen-bond acceptors (Lipinski definition) is 3. The van der Waals surface area contributed by atoms with Crippen LogP contribution < -0.4 is 0 Å². The van der Waals surface area contributed by atoms with Crippen LogP contribution >= 0.6 is 0 Å². The van der Waals surface area contributed by atoms with Gasteiger partial charge in [0.2, 0.25) is 0 Å². The van der Waals surface area contributed by atoms with Gasteiger partial charge in [-0.25, -0.2) is 9.97 Å². The van der Waals surface area contributed by atoms with E-state index in [0.717, 1.165) is 25.6 Å². The molecule has 0 unspecified atom stereocenters. The molecule has 1 aromatic rings. The summed E-state index contributed by atoms with van der Waals surface area (Å²) in [6, 6.07) is 0. The van der Waals surface area contributed by atoms with Crippen molar-refractivity contribution >= 4 is 0 Å². The van der Waals surface area contributed by atoms with Crippen molar-refractivity contribution in [2.24, 2.45) is 5.92 Å². The van der Waals surface area contributed by atoms with E-state index in [2.05, 4.69) is 28.7 Å². The van der Waals surface area contributed by atoms with Gasteiger partial charge >= 0.3 is 0 Å². The quantitative estimate of drug-likeness (QED) is 0.684. The number of aromatic nitrogens is 2. The van der Waals surface area contributed by atoms with Crippen LogP contribution in [0.1, 0.15) is 25.1 Å². The van der Waals surface area contributed by atoms with Gasteiger partial charge in [-0.2, -0.15) is 0 Å². The van der Waals surface area contributed by atoms with Crippen LogP contribution in [0.5, 0.6) is 0 Å². The summed E-state index contributed by atoms with van der Waals surface area (Å²) in [6.07, 6.45) is 3.57. The summed E-state index contributed by atoms with van der Waals surface area (Å²) in [5.41, 5.74) is 2.50. The molecule has 13 heavy (non-hydrogen) atoms. The largest absolute Gasteiger partial charge is 0.293 e. The Morgan fingerprint density at radius 1 is 1.46 bits per heavy atom. The van der Waals surface area contributed by atoms with Crippen LogP contribution in [-0.4, -0.2) is 21.4 Å². The van der Waals surface area contributed by atoms with E-state index in [-0.39, 0.29) is 0 Å².